The molecule has 0 radical (unpaired) electrons. The molecule has 3 heterocycles. The predicted octanol–water partition coefficient (Wildman–Crippen LogP) is 2.06. The van der Waals surface area contributed by atoms with Crippen LogP contribution in [0.5, 0.6) is 0 Å². The van der Waals surface area contributed by atoms with Crippen LogP contribution in [-0.4, -0.2) is 47.0 Å². The van der Waals surface area contributed by atoms with Crippen molar-refractivity contribution in [2.75, 3.05) is 5.75 Å². The molecule has 11 heteroatoms. The molecule has 1 unspecified atom stereocenters. The van der Waals surface area contributed by atoms with Crippen LogP contribution in [0, 0.1) is 5.92 Å². The van der Waals surface area contributed by atoms with Crippen LogP contribution in [0.4, 0.5) is 0 Å². The summed E-state index contributed by atoms with van der Waals surface area (Å²) in [4.78, 5) is 20.9. The minimum absolute atomic E-state index is 0.0801. The third-order valence-electron chi connectivity index (χ3n) is 4.32. The highest BCUT2D eigenvalue weighted by Crippen LogP contribution is 2.36. The molecule has 3 aromatic rings. The lowest BCUT2D eigenvalue weighted by atomic mass is 10.0. The SMILES string of the molecule is CC(C)C(NC(=O)CSc1nnnn1C1CC1)c1nc(-c2ccncc2)no1. The molecule has 1 saturated carbocycles. The Balaban J connectivity index is 1.40. The second kappa shape index (κ2) is 8.05. The first-order valence-corrected chi connectivity index (χ1v) is 10.0. The number of hydrogen-bond acceptors (Lipinski definition) is 9. The lowest BCUT2D eigenvalue weighted by molar-refractivity contribution is -0.119. The second-order valence-electron chi connectivity index (χ2n) is 6.91. The molecule has 0 spiro atoms. The van der Waals surface area contributed by atoms with E-state index in [2.05, 4.69) is 36.0 Å². The van der Waals surface area contributed by atoms with Gasteiger partial charge < -0.3 is 9.84 Å². The van der Waals surface area contributed by atoms with Gasteiger partial charge in [-0.25, -0.2) is 4.68 Å². The Hall–Kier alpha value is -2.82. The Labute approximate surface area is 165 Å². The summed E-state index contributed by atoms with van der Waals surface area (Å²) in [5.41, 5.74) is 0.807. The third-order valence-corrected chi connectivity index (χ3v) is 5.25. The van der Waals surface area contributed by atoms with Crippen molar-refractivity contribution in [2.24, 2.45) is 5.92 Å². The number of carbonyl (C=O) groups is 1. The van der Waals surface area contributed by atoms with Crippen molar-refractivity contribution in [1.82, 2.24) is 40.6 Å². The maximum Gasteiger partial charge on any atom is 0.249 e. The minimum Gasteiger partial charge on any atom is -0.343 e. The van der Waals surface area contributed by atoms with Crippen molar-refractivity contribution < 1.29 is 9.32 Å². The zero-order valence-corrected chi connectivity index (χ0v) is 16.3. The Morgan fingerprint density at radius 2 is 2.14 bits per heavy atom. The Kier molecular flexibility index (Phi) is 5.33. The van der Waals surface area contributed by atoms with Crippen molar-refractivity contribution in [3.8, 4) is 11.4 Å². The van der Waals surface area contributed by atoms with Crippen LogP contribution in [0.1, 0.15) is 44.7 Å². The highest BCUT2D eigenvalue weighted by Gasteiger charge is 2.29. The summed E-state index contributed by atoms with van der Waals surface area (Å²) >= 11 is 1.32. The Morgan fingerprint density at radius 1 is 1.36 bits per heavy atom. The number of carbonyl (C=O) groups excluding carboxylic acids is 1. The van der Waals surface area contributed by atoms with Gasteiger partial charge in [-0.15, -0.1) is 5.10 Å². The van der Waals surface area contributed by atoms with E-state index in [9.17, 15) is 4.79 Å². The zero-order chi connectivity index (χ0) is 19.5. The molecule has 0 aromatic carbocycles. The van der Waals surface area contributed by atoms with Gasteiger partial charge in [-0.05, 0) is 41.3 Å². The molecule has 146 valence electrons. The van der Waals surface area contributed by atoms with Gasteiger partial charge in [-0.2, -0.15) is 4.98 Å². The summed E-state index contributed by atoms with van der Waals surface area (Å²) in [6.45, 7) is 3.98. The predicted molar refractivity (Wildman–Crippen MR) is 100 cm³/mol. The summed E-state index contributed by atoms with van der Waals surface area (Å²) in [6.07, 6.45) is 5.49. The molecule has 4 rings (SSSR count). The number of thioether (sulfide) groups is 1. The van der Waals surface area contributed by atoms with Gasteiger partial charge in [0.25, 0.3) is 0 Å². The largest absolute Gasteiger partial charge is 0.343 e. The van der Waals surface area contributed by atoms with E-state index < -0.39 is 0 Å². The fourth-order valence-electron chi connectivity index (χ4n) is 2.67. The van der Waals surface area contributed by atoms with E-state index in [1.807, 2.05) is 13.8 Å². The molecule has 0 aliphatic heterocycles. The van der Waals surface area contributed by atoms with Crippen molar-refractivity contribution in [3.05, 3.63) is 30.4 Å². The Bertz CT molecular complexity index is 938. The molecule has 1 atom stereocenters. The number of nitrogens with one attached hydrogen (secondary N) is 1. The maximum atomic E-state index is 12.5. The first-order valence-electron chi connectivity index (χ1n) is 9.06. The van der Waals surface area contributed by atoms with E-state index >= 15 is 0 Å². The number of pyridine rings is 1. The van der Waals surface area contributed by atoms with Gasteiger partial charge in [0.1, 0.15) is 6.04 Å². The molecule has 3 aromatic heterocycles. The number of tetrazole rings is 1. The molecule has 1 fully saturated rings. The standard InChI is InChI=1S/C17H20N8O2S/c1-10(2)14(16-20-15(22-27-16)11-5-7-18-8-6-11)19-13(26)9-28-17-21-23-24-25(17)12-3-4-12/h5-8,10,12,14H,3-4,9H2,1-2H3,(H,19,26). The summed E-state index contributed by atoms with van der Waals surface area (Å²) in [6, 6.07) is 3.60. The quantitative estimate of drug-likeness (QED) is 0.566. The van der Waals surface area contributed by atoms with Crippen LogP contribution in [0.15, 0.2) is 34.2 Å². The maximum absolute atomic E-state index is 12.5. The van der Waals surface area contributed by atoms with Crippen LogP contribution in [0.3, 0.4) is 0 Å². The first-order chi connectivity index (χ1) is 13.6. The fourth-order valence-corrected chi connectivity index (χ4v) is 3.42. The number of rotatable bonds is 8. The topological polar surface area (TPSA) is 125 Å². The Morgan fingerprint density at radius 3 is 2.86 bits per heavy atom. The molecular weight excluding hydrogens is 380 g/mol. The summed E-state index contributed by atoms with van der Waals surface area (Å²) in [7, 11) is 0. The zero-order valence-electron chi connectivity index (χ0n) is 15.5. The number of nitrogens with zero attached hydrogens (tertiary/aromatic N) is 7. The second-order valence-corrected chi connectivity index (χ2v) is 7.85. The van der Waals surface area contributed by atoms with E-state index in [1.54, 1.807) is 29.2 Å². The van der Waals surface area contributed by atoms with Gasteiger partial charge in [-0.3, -0.25) is 9.78 Å². The van der Waals surface area contributed by atoms with Gasteiger partial charge in [0.2, 0.25) is 22.8 Å². The van der Waals surface area contributed by atoms with E-state index in [-0.39, 0.29) is 23.6 Å². The molecule has 0 bridgehead atoms. The minimum atomic E-state index is -0.379. The fraction of sp³-hybridized carbons (Fsp3) is 0.471. The van der Waals surface area contributed by atoms with Gasteiger partial charge in [0.05, 0.1) is 11.8 Å². The molecule has 28 heavy (non-hydrogen) atoms. The average molecular weight is 400 g/mol. The van der Waals surface area contributed by atoms with Crippen molar-refractivity contribution in [2.45, 2.75) is 43.9 Å². The van der Waals surface area contributed by atoms with Crippen molar-refractivity contribution in [3.63, 3.8) is 0 Å². The highest BCUT2D eigenvalue weighted by atomic mass is 32.2. The molecule has 1 aliphatic rings. The van der Waals surface area contributed by atoms with Gasteiger partial charge >= 0.3 is 0 Å². The van der Waals surface area contributed by atoms with Crippen LogP contribution in [0.2, 0.25) is 0 Å². The number of hydrogen-bond donors (Lipinski definition) is 1. The highest BCUT2D eigenvalue weighted by molar-refractivity contribution is 7.99. The first kappa shape index (κ1) is 18.5. The molecule has 1 amide bonds. The van der Waals surface area contributed by atoms with Gasteiger partial charge in [0.15, 0.2) is 0 Å². The summed E-state index contributed by atoms with van der Waals surface area (Å²) in [5.74, 6) is 0.995. The van der Waals surface area contributed by atoms with Crippen LogP contribution >= 0.6 is 11.8 Å². The number of amides is 1. The third kappa shape index (κ3) is 4.19. The molecular formula is C17H20N8O2S. The van der Waals surface area contributed by atoms with Gasteiger partial charge in [0, 0.05) is 18.0 Å². The monoisotopic (exact) mass is 400 g/mol. The van der Waals surface area contributed by atoms with E-state index in [1.165, 1.54) is 11.8 Å². The molecule has 10 nitrogen and oxygen atoms in total. The average Bonchev–Trinajstić information content (AvgIpc) is 3.24. The lowest BCUT2D eigenvalue weighted by Crippen LogP contribution is -2.33. The van der Waals surface area contributed by atoms with Gasteiger partial charge in [-0.1, -0.05) is 30.8 Å². The van der Waals surface area contributed by atoms with Crippen molar-refractivity contribution in [1.29, 1.82) is 0 Å². The summed E-state index contributed by atoms with van der Waals surface area (Å²) < 4.78 is 7.20. The smallest absolute Gasteiger partial charge is 0.249 e. The molecule has 0 saturated heterocycles. The van der Waals surface area contributed by atoms with Crippen molar-refractivity contribution >= 4 is 17.7 Å². The van der Waals surface area contributed by atoms with Crippen LogP contribution < -0.4 is 5.32 Å². The van der Waals surface area contributed by atoms with Crippen LogP contribution in [0.25, 0.3) is 11.4 Å². The number of aromatic nitrogens is 7. The van der Waals surface area contributed by atoms with E-state index in [0.717, 1.165) is 18.4 Å². The summed E-state index contributed by atoms with van der Waals surface area (Å²) in [5, 5.41) is 19.4. The lowest BCUT2D eigenvalue weighted by Gasteiger charge is -2.18. The molecule has 1 N–H and O–H groups in total. The molecule has 1 aliphatic carbocycles. The van der Waals surface area contributed by atoms with Crippen LogP contribution in [-0.2, 0) is 4.79 Å². The normalized spacial score (nSPS) is 15.0. The van der Waals surface area contributed by atoms with E-state index in [0.29, 0.717) is 22.9 Å². The van der Waals surface area contributed by atoms with E-state index in [4.69, 9.17) is 4.52 Å².